The average Bonchev–Trinajstić information content (AvgIpc) is 3.14. The molecule has 1 aromatic carbocycles. The topological polar surface area (TPSA) is 36.7 Å². The Morgan fingerprint density at radius 2 is 2.00 bits per heavy atom. The molecule has 0 radical (unpaired) electrons. The first kappa shape index (κ1) is 16.8. The Morgan fingerprint density at radius 3 is 2.71 bits per heavy atom. The normalized spacial score (nSPS) is 18.7. The van der Waals surface area contributed by atoms with Gasteiger partial charge in [-0.2, -0.15) is 0 Å². The maximum absolute atomic E-state index is 12.6. The van der Waals surface area contributed by atoms with Gasteiger partial charge in [0.1, 0.15) is 5.76 Å². The van der Waals surface area contributed by atoms with Gasteiger partial charge < -0.3 is 9.32 Å². The molecule has 1 atom stereocenters. The van der Waals surface area contributed by atoms with Gasteiger partial charge in [0.15, 0.2) is 0 Å². The van der Waals surface area contributed by atoms with Crippen molar-refractivity contribution in [1.29, 1.82) is 0 Å². The van der Waals surface area contributed by atoms with E-state index in [9.17, 15) is 4.79 Å². The molecule has 1 aromatic heterocycles. The Balaban J connectivity index is 1.53. The molecule has 0 aliphatic carbocycles. The van der Waals surface area contributed by atoms with E-state index in [1.165, 1.54) is 5.56 Å². The molecule has 1 fully saturated rings. The number of piperazine rings is 1. The van der Waals surface area contributed by atoms with Gasteiger partial charge in [0.2, 0.25) is 5.91 Å². The van der Waals surface area contributed by atoms with Gasteiger partial charge in [0, 0.05) is 45.1 Å². The van der Waals surface area contributed by atoms with E-state index < -0.39 is 0 Å². The molecule has 0 unspecified atom stereocenters. The number of hydrogen-bond donors (Lipinski definition) is 0. The number of carbonyl (C=O) groups is 1. The highest BCUT2D eigenvalue weighted by molar-refractivity contribution is 5.76. The summed E-state index contributed by atoms with van der Waals surface area (Å²) < 4.78 is 5.33. The van der Waals surface area contributed by atoms with Crippen LogP contribution in [0.15, 0.2) is 53.1 Å². The summed E-state index contributed by atoms with van der Waals surface area (Å²) in [7, 11) is 0. The van der Waals surface area contributed by atoms with Crippen molar-refractivity contribution < 1.29 is 9.21 Å². The van der Waals surface area contributed by atoms with Crippen LogP contribution in [0.25, 0.3) is 0 Å². The lowest BCUT2D eigenvalue weighted by molar-refractivity contribution is -0.136. The molecule has 0 N–H and O–H groups in total. The SMILES string of the molecule is CC[C@H]1CN(Cc2ccccc2)CCN1C(=O)CCc1ccco1. The Hall–Kier alpha value is -2.07. The molecule has 3 rings (SSSR count). The number of rotatable bonds is 6. The van der Waals surface area contributed by atoms with Crippen molar-refractivity contribution in [2.45, 2.75) is 38.8 Å². The third-order valence-corrected chi connectivity index (χ3v) is 4.77. The van der Waals surface area contributed by atoms with Gasteiger partial charge in [-0.25, -0.2) is 0 Å². The molecule has 0 spiro atoms. The van der Waals surface area contributed by atoms with Gasteiger partial charge in [-0.15, -0.1) is 0 Å². The second kappa shape index (κ2) is 8.15. The van der Waals surface area contributed by atoms with Crippen molar-refractivity contribution in [3.8, 4) is 0 Å². The standard InChI is InChI=1S/C20H26N2O2/c1-2-18-16-21(15-17-7-4-3-5-8-17)12-13-22(18)20(23)11-10-19-9-6-14-24-19/h3-9,14,18H,2,10-13,15-16H2,1H3/t18-/m0/s1. The lowest BCUT2D eigenvalue weighted by Gasteiger charge is -2.41. The van der Waals surface area contributed by atoms with E-state index in [1.54, 1.807) is 6.26 Å². The van der Waals surface area contributed by atoms with Crippen LogP contribution in [0.5, 0.6) is 0 Å². The van der Waals surface area contributed by atoms with Gasteiger partial charge in [-0.3, -0.25) is 9.69 Å². The fraction of sp³-hybridized carbons (Fsp3) is 0.450. The van der Waals surface area contributed by atoms with E-state index in [0.29, 0.717) is 18.9 Å². The Bertz CT molecular complexity index is 624. The van der Waals surface area contributed by atoms with Crippen LogP contribution < -0.4 is 0 Å². The van der Waals surface area contributed by atoms with Crippen molar-refractivity contribution in [2.75, 3.05) is 19.6 Å². The summed E-state index contributed by atoms with van der Waals surface area (Å²) in [6, 6.07) is 14.7. The highest BCUT2D eigenvalue weighted by atomic mass is 16.3. The molecule has 1 aliphatic rings. The van der Waals surface area contributed by atoms with Crippen LogP contribution in [0.4, 0.5) is 0 Å². The second-order valence-electron chi connectivity index (χ2n) is 6.45. The quantitative estimate of drug-likeness (QED) is 0.817. The molecule has 1 amide bonds. The number of carbonyl (C=O) groups excluding carboxylic acids is 1. The van der Waals surface area contributed by atoms with Crippen molar-refractivity contribution in [1.82, 2.24) is 9.80 Å². The molecule has 0 saturated carbocycles. The molecular weight excluding hydrogens is 300 g/mol. The fourth-order valence-corrected chi connectivity index (χ4v) is 3.41. The summed E-state index contributed by atoms with van der Waals surface area (Å²) in [6.45, 7) is 5.85. The second-order valence-corrected chi connectivity index (χ2v) is 6.45. The van der Waals surface area contributed by atoms with Gasteiger partial charge in [0.05, 0.1) is 6.26 Å². The van der Waals surface area contributed by atoms with Crippen LogP contribution >= 0.6 is 0 Å². The number of aryl methyl sites for hydroxylation is 1. The van der Waals surface area contributed by atoms with Crippen molar-refractivity contribution in [3.05, 3.63) is 60.1 Å². The minimum atomic E-state index is 0.248. The van der Waals surface area contributed by atoms with Crippen LogP contribution in [0, 0.1) is 0 Å². The first-order valence-electron chi connectivity index (χ1n) is 8.84. The van der Waals surface area contributed by atoms with Gasteiger partial charge in [-0.05, 0) is 24.1 Å². The minimum Gasteiger partial charge on any atom is -0.469 e. The number of amides is 1. The highest BCUT2D eigenvalue weighted by Crippen LogP contribution is 2.17. The molecular formula is C20H26N2O2. The van der Waals surface area contributed by atoms with Crippen LogP contribution in [-0.2, 0) is 17.8 Å². The third-order valence-electron chi connectivity index (χ3n) is 4.77. The zero-order valence-corrected chi connectivity index (χ0v) is 14.4. The Labute approximate surface area is 144 Å². The van der Waals surface area contributed by atoms with Gasteiger partial charge in [0.25, 0.3) is 0 Å². The number of hydrogen-bond acceptors (Lipinski definition) is 3. The van der Waals surface area contributed by atoms with Gasteiger partial charge in [-0.1, -0.05) is 37.3 Å². The summed E-state index contributed by atoms with van der Waals surface area (Å²) in [5, 5.41) is 0. The molecule has 24 heavy (non-hydrogen) atoms. The van der Waals surface area contributed by atoms with Crippen molar-refractivity contribution in [2.24, 2.45) is 0 Å². The van der Waals surface area contributed by atoms with Crippen molar-refractivity contribution in [3.63, 3.8) is 0 Å². The maximum Gasteiger partial charge on any atom is 0.223 e. The number of nitrogens with zero attached hydrogens (tertiary/aromatic N) is 2. The minimum absolute atomic E-state index is 0.248. The summed E-state index contributed by atoms with van der Waals surface area (Å²) in [6.07, 6.45) is 3.88. The summed E-state index contributed by atoms with van der Waals surface area (Å²) in [5.74, 6) is 1.14. The van der Waals surface area contributed by atoms with E-state index in [-0.39, 0.29) is 5.91 Å². The highest BCUT2D eigenvalue weighted by Gasteiger charge is 2.28. The Morgan fingerprint density at radius 1 is 1.17 bits per heavy atom. The fourth-order valence-electron chi connectivity index (χ4n) is 3.41. The molecule has 2 aromatic rings. The third kappa shape index (κ3) is 4.26. The largest absolute Gasteiger partial charge is 0.469 e. The molecule has 1 saturated heterocycles. The van der Waals surface area contributed by atoms with E-state index >= 15 is 0 Å². The van der Waals surface area contributed by atoms with Crippen LogP contribution in [0.2, 0.25) is 0 Å². The van der Waals surface area contributed by atoms with Crippen LogP contribution in [0.3, 0.4) is 0 Å². The summed E-state index contributed by atoms with van der Waals surface area (Å²) in [5.41, 5.74) is 1.34. The van der Waals surface area contributed by atoms with E-state index in [4.69, 9.17) is 4.42 Å². The lowest BCUT2D eigenvalue weighted by atomic mass is 10.1. The van der Waals surface area contributed by atoms with Crippen LogP contribution in [0.1, 0.15) is 31.1 Å². The van der Waals surface area contributed by atoms with Gasteiger partial charge >= 0.3 is 0 Å². The zero-order valence-electron chi connectivity index (χ0n) is 14.4. The first-order valence-corrected chi connectivity index (χ1v) is 8.84. The predicted molar refractivity (Wildman–Crippen MR) is 94.5 cm³/mol. The molecule has 1 aliphatic heterocycles. The monoisotopic (exact) mass is 326 g/mol. The maximum atomic E-state index is 12.6. The molecule has 4 heteroatoms. The van der Waals surface area contributed by atoms with Crippen LogP contribution in [-0.4, -0.2) is 41.4 Å². The first-order chi connectivity index (χ1) is 11.8. The smallest absolute Gasteiger partial charge is 0.223 e. The molecule has 2 heterocycles. The zero-order chi connectivity index (χ0) is 16.8. The number of furan rings is 1. The lowest BCUT2D eigenvalue weighted by Crippen LogP contribution is -2.54. The molecule has 0 bridgehead atoms. The predicted octanol–water partition coefficient (Wildman–Crippen LogP) is 3.34. The number of benzene rings is 1. The van der Waals surface area contributed by atoms with E-state index in [2.05, 4.69) is 41.0 Å². The average molecular weight is 326 g/mol. The van der Waals surface area contributed by atoms with Crippen molar-refractivity contribution >= 4 is 5.91 Å². The summed E-state index contributed by atoms with van der Waals surface area (Å²) >= 11 is 0. The van der Waals surface area contributed by atoms with E-state index in [1.807, 2.05) is 18.2 Å². The molecule has 128 valence electrons. The molecule has 4 nitrogen and oxygen atoms in total. The summed E-state index contributed by atoms with van der Waals surface area (Å²) in [4.78, 5) is 17.1. The van der Waals surface area contributed by atoms with E-state index in [0.717, 1.165) is 38.4 Å². The Kier molecular flexibility index (Phi) is 5.70.